The molecule has 40 heteroatoms. The average Bonchev–Trinajstić information content (AvgIpc) is 1.78. The van der Waals surface area contributed by atoms with Gasteiger partial charge in [0.05, 0.1) is 28.8 Å². The largest absolute Gasteiger partial charge is 0.481 e. The lowest BCUT2D eigenvalue weighted by atomic mass is 10.2. The Morgan fingerprint density at radius 1 is 0.433 bits per heavy atom. The molecule has 0 aromatic carbocycles. The molecule has 0 radical (unpaired) electrons. The number of alkyl carbamates (subject to hydrolysis) is 2. The highest BCUT2D eigenvalue weighted by Crippen LogP contribution is 2.22. The second-order valence-electron chi connectivity index (χ2n) is 23.8. The van der Waals surface area contributed by atoms with Crippen LogP contribution in [-0.4, -0.2) is 249 Å². The zero-order valence-electron chi connectivity index (χ0n) is 56.4. The molecule has 14 amide bonds. The van der Waals surface area contributed by atoms with Crippen LogP contribution in [0.4, 0.5) is 33.6 Å². The zero-order chi connectivity index (χ0) is 74.9. The van der Waals surface area contributed by atoms with Gasteiger partial charge in [-0.3, -0.25) is 102 Å². The van der Waals surface area contributed by atoms with E-state index >= 15 is 0 Å². The van der Waals surface area contributed by atoms with Crippen molar-refractivity contribution in [2.45, 2.75) is 157 Å². The van der Waals surface area contributed by atoms with Crippen LogP contribution in [0.2, 0.25) is 0 Å². The molecule has 0 spiro atoms. The predicted molar refractivity (Wildman–Crippen MR) is 366 cm³/mol. The number of hydrogen-bond acceptors (Lipinski definition) is 28. The molecule has 0 bridgehead atoms. The van der Waals surface area contributed by atoms with E-state index in [2.05, 4.69) is 42.5 Å². The van der Waals surface area contributed by atoms with Crippen molar-refractivity contribution in [2.24, 2.45) is 5.73 Å². The van der Waals surface area contributed by atoms with E-state index in [1.54, 1.807) is 62.3 Å². The van der Waals surface area contributed by atoms with Crippen LogP contribution in [0.3, 0.4) is 0 Å². The first-order chi connectivity index (χ1) is 44.8. The number of carboxylic acid groups (broad SMARTS) is 2. The Bertz CT molecular complexity index is 2680. The van der Waals surface area contributed by atoms with Gasteiger partial charge in [-0.2, -0.15) is 0 Å². The number of hydrogen-bond donors (Lipinski definition) is 8. The molecule has 0 atom stereocenters. The normalized spacial score (nSPS) is 15.0. The van der Waals surface area contributed by atoms with Crippen molar-refractivity contribution >= 4 is 178 Å². The van der Waals surface area contributed by atoms with Crippen molar-refractivity contribution in [1.29, 1.82) is 0 Å². The van der Waals surface area contributed by atoms with Gasteiger partial charge in [0, 0.05) is 57.7 Å². The molecule has 5 fully saturated rings. The summed E-state index contributed by atoms with van der Waals surface area (Å²) >= 11 is 8.29. The minimum atomic E-state index is -1.19. The number of nitrogens with two attached hydrogens (primary N) is 1. The number of esters is 2. The fourth-order valence-electron chi connectivity index (χ4n) is 6.47. The molecule has 0 saturated carbocycles. The Morgan fingerprint density at radius 2 is 0.732 bits per heavy atom. The van der Waals surface area contributed by atoms with Crippen molar-refractivity contribution in [3.63, 3.8) is 0 Å². The van der Waals surface area contributed by atoms with Gasteiger partial charge < -0.3 is 56.2 Å². The molecule has 5 aliphatic rings. The van der Waals surface area contributed by atoms with Gasteiger partial charge in [-0.1, -0.05) is 74.7 Å². The van der Waals surface area contributed by atoms with Crippen molar-refractivity contribution in [1.82, 2.24) is 46.2 Å². The van der Waals surface area contributed by atoms with Gasteiger partial charge >= 0.3 is 36.1 Å². The summed E-state index contributed by atoms with van der Waals surface area (Å²) in [5, 5.41) is 28.6. The molecular formula is C57H91BrN10O24S5. The van der Waals surface area contributed by atoms with Gasteiger partial charge in [0.1, 0.15) is 41.7 Å². The van der Waals surface area contributed by atoms with Crippen LogP contribution in [0.5, 0.6) is 0 Å². The maximum atomic E-state index is 11.5. The fraction of sp³-hybridized carbons (Fsp3) is 0.684. The second-order valence-corrected chi connectivity index (χ2v) is 29.3. The van der Waals surface area contributed by atoms with E-state index in [1.807, 2.05) is 20.8 Å². The number of carboxylic acids is 2. The SMILES string of the molecule is CC(C)(C)OC(=O)CC(=O)NCCCN1C(=O)CSC1=O.CC(C)(C)OC(=O)CC(=O)O.CC(C)(C)OC(=O)NCCCBr.CC(C)(C)OC(=O)NCCCN1C(=O)CSC1=O.NCCCN1C(=O)CSC1=O.O=C(O)CC(=O)NCCCN1C(=O)CSC1=O.O=C1CSC(=O)N1. The number of alkyl halides is 1. The van der Waals surface area contributed by atoms with Crippen LogP contribution >= 0.6 is 74.7 Å². The monoisotopic (exact) mass is 1540 g/mol. The first-order valence-corrected chi connectivity index (χ1v) is 35.8. The summed E-state index contributed by atoms with van der Waals surface area (Å²) in [6.45, 7) is 24.5. The highest BCUT2D eigenvalue weighted by atomic mass is 79.9. The van der Waals surface area contributed by atoms with Crippen LogP contribution in [0.25, 0.3) is 0 Å². The van der Waals surface area contributed by atoms with Gasteiger partial charge in [-0.25, -0.2) is 9.59 Å². The van der Waals surface area contributed by atoms with Gasteiger partial charge in [0.25, 0.3) is 26.2 Å². The van der Waals surface area contributed by atoms with E-state index in [1.165, 1.54) is 14.7 Å². The van der Waals surface area contributed by atoms with Gasteiger partial charge in [0.2, 0.25) is 41.4 Å². The summed E-state index contributed by atoms with van der Waals surface area (Å²) in [6.07, 6.45) is 0.693. The molecule has 5 rings (SSSR count). The summed E-state index contributed by atoms with van der Waals surface area (Å²) < 4.78 is 19.8. The van der Waals surface area contributed by atoms with Crippen LogP contribution in [0.15, 0.2) is 0 Å². The van der Waals surface area contributed by atoms with Gasteiger partial charge in [0.15, 0.2) is 0 Å². The number of imide groups is 5. The number of thioether (sulfide) groups is 5. The molecule has 5 heterocycles. The summed E-state index contributed by atoms with van der Waals surface area (Å²) in [7, 11) is 0. The Balaban J connectivity index is 0. The van der Waals surface area contributed by atoms with Crippen LogP contribution in [-0.2, 0) is 71.7 Å². The molecule has 0 aliphatic carbocycles. The molecule has 0 aromatic rings. The molecular weight excluding hydrogens is 1450 g/mol. The van der Waals surface area contributed by atoms with E-state index in [0.717, 1.165) is 75.5 Å². The molecule has 9 N–H and O–H groups in total. The maximum Gasteiger partial charge on any atom is 0.407 e. The highest BCUT2D eigenvalue weighted by Gasteiger charge is 2.32. The molecule has 0 aromatic heterocycles. The lowest BCUT2D eigenvalue weighted by Crippen LogP contribution is -2.35. The lowest BCUT2D eigenvalue weighted by molar-refractivity contribution is -0.160. The van der Waals surface area contributed by atoms with Crippen molar-refractivity contribution < 1.29 is 115 Å². The third-order valence-electron chi connectivity index (χ3n) is 10.2. The predicted octanol–water partition coefficient (Wildman–Crippen LogP) is 5.28. The Labute approximate surface area is 592 Å². The Kier molecular flexibility index (Phi) is 45.7. The molecule has 97 heavy (non-hydrogen) atoms. The van der Waals surface area contributed by atoms with Crippen LogP contribution < -0.4 is 32.3 Å². The van der Waals surface area contributed by atoms with E-state index in [9.17, 15) is 86.3 Å². The van der Waals surface area contributed by atoms with Crippen LogP contribution in [0, 0.1) is 0 Å². The molecule has 550 valence electrons. The number of amides is 14. The molecule has 5 aliphatic heterocycles. The number of carbonyl (C=O) groups excluding carboxylic acids is 16. The minimum Gasteiger partial charge on any atom is -0.481 e. The van der Waals surface area contributed by atoms with E-state index < -0.39 is 77.0 Å². The first-order valence-electron chi connectivity index (χ1n) is 29.8. The van der Waals surface area contributed by atoms with E-state index in [0.29, 0.717) is 76.5 Å². The average molecular weight is 1540 g/mol. The fourth-order valence-corrected chi connectivity index (χ4v) is 10.3. The Hall–Kier alpha value is -6.75. The highest BCUT2D eigenvalue weighted by molar-refractivity contribution is 9.09. The number of carbonyl (C=O) groups is 18. The minimum absolute atomic E-state index is 0.0894. The number of rotatable bonds is 24. The molecule has 0 unspecified atom stereocenters. The summed E-state index contributed by atoms with van der Waals surface area (Å²) in [5.41, 5.74) is 3.09. The van der Waals surface area contributed by atoms with E-state index in [4.69, 9.17) is 34.9 Å². The quantitative estimate of drug-likeness (QED) is 0.0200. The third-order valence-corrected chi connectivity index (χ3v) is 15.0. The Morgan fingerprint density at radius 3 is 0.979 bits per heavy atom. The second kappa shape index (κ2) is 48.1. The van der Waals surface area contributed by atoms with Crippen molar-refractivity contribution in [3.05, 3.63) is 0 Å². The number of nitrogens with zero attached hydrogens (tertiary/aromatic N) is 4. The van der Waals surface area contributed by atoms with Crippen molar-refractivity contribution in [2.75, 3.05) is 93.0 Å². The molecule has 34 nitrogen and oxygen atoms in total. The van der Waals surface area contributed by atoms with Gasteiger partial charge in [-0.15, -0.1) is 0 Å². The lowest BCUT2D eigenvalue weighted by Gasteiger charge is -2.20. The number of halogens is 1. The summed E-state index contributed by atoms with van der Waals surface area (Å²) in [5.74, 6) is -4.36. The van der Waals surface area contributed by atoms with E-state index in [-0.39, 0.29) is 105 Å². The molecule has 5 saturated heterocycles. The third kappa shape index (κ3) is 50.3. The number of nitrogens with one attached hydrogen (secondary N) is 5. The maximum absolute atomic E-state index is 11.5. The number of ether oxygens (including phenoxy) is 4. The number of aliphatic carboxylic acids is 2. The summed E-state index contributed by atoms with van der Waals surface area (Å²) in [4.78, 5) is 201. The van der Waals surface area contributed by atoms with Gasteiger partial charge in [-0.05, 0) is 122 Å². The van der Waals surface area contributed by atoms with Crippen LogP contribution in [0.1, 0.15) is 134 Å². The zero-order valence-corrected chi connectivity index (χ0v) is 62.1. The smallest absolute Gasteiger partial charge is 0.407 e. The van der Waals surface area contributed by atoms with Crippen molar-refractivity contribution in [3.8, 4) is 0 Å². The first kappa shape index (κ1) is 92.3. The topological polar surface area (TPSA) is 484 Å². The standard InChI is InChI=1S/C13H20N2O5S.C11H18N2O4S.C9H12N2O5S.C8H16BrNO2.C7H12O4.C6H10N2O2S.C3H3NO2S/c1-13(2,3)20-11(18)7-9(16)14-5-4-6-15-10(17)8-21-12(15)19;1-11(2,3)17-9(15)12-5-4-6-13-8(14)7-18-10(13)16;12-6(4-8(14)15)10-2-1-3-11-7(13)5-17-9(11)16;1-8(2,3)12-7(11)10-6-4-5-9;1-7(2,3)11-6(10)4-5(8)9;7-2-1-3-8-5(9)4-11-6(8)10;5-2-1-7-3(6)4-2/h4-8H2,1-3H3,(H,14,16);4-7H2,1-3H3,(H,12,15);1-5H2,(H,10,12)(H,14,15);4-6H2,1-3H3,(H,10,11);4H2,1-3H3,(H,8,9);1-4,7H2;1H2,(H,4,5,6). The summed E-state index contributed by atoms with van der Waals surface area (Å²) in [6, 6.07) is 0.